The molecule has 0 N–H and O–H groups in total. The largest absolute Gasteiger partial charge is 0.490 e. The SMILES string of the molecule is CCOc1ccccc1OCc1ccn(CC(F)(F)F)n1. The van der Waals surface area contributed by atoms with Crippen molar-refractivity contribution in [3.8, 4) is 11.5 Å². The molecule has 0 radical (unpaired) electrons. The summed E-state index contributed by atoms with van der Waals surface area (Å²) in [5.41, 5.74) is 0.422. The molecule has 0 spiro atoms. The number of nitrogens with zero attached hydrogens (tertiary/aromatic N) is 2. The zero-order valence-corrected chi connectivity index (χ0v) is 11.4. The summed E-state index contributed by atoms with van der Waals surface area (Å²) in [6.07, 6.45) is -3.01. The minimum atomic E-state index is -4.29. The van der Waals surface area contributed by atoms with Gasteiger partial charge in [0.25, 0.3) is 0 Å². The Morgan fingerprint density at radius 3 is 2.38 bits per heavy atom. The summed E-state index contributed by atoms with van der Waals surface area (Å²) in [7, 11) is 0. The predicted octanol–water partition coefficient (Wildman–Crippen LogP) is 3.42. The number of hydrogen-bond donors (Lipinski definition) is 0. The van der Waals surface area contributed by atoms with Gasteiger partial charge >= 0.3 is 6.18 Å². The van der Waals surface area contributed by atoms with Crippen molar-refractivity contribution in [3.05, 3.63) is 42.2 Å². The maximum Gasteiger partial charge on any atom is 0.408 e. The minimum absolute atomic E-state index is 0.0783. The average molecular weight is 300 g/mol. The zero-order chi connectivity index (χ0) is 15.3. The minimum Gasteiger partial charge on any atom is -0.490 e. The Labute approximate surface area is 120 Å². The van der Waals surface area contributed by atoms with Crippen molar-refractivity contribution in [2.45, 2.75) is 26.3 Å². The molecule has 0 atom stereocenters. The molecule has 0 fully saturated rings. The van der Waals surface area contributed by atoms with Gasteiger partial charge < -0.3 is 9.47 Å². The lowest BCUT2D eigenvalue weighted by Gasteiger charge is -2.10. The fourth-order valence-corrected chi connectivity index (χ4v) is 1.75. The summed E-state index contributed by atoms with van der Waals surface area (Å²) < 4.78 is 48.5. The molecule has 0 unspecified atom stereocenters. The summed E-state index contributed by atoms with van der Waals surface area (Å²) in [5.74, 6) is 1.12. The summed E-state index contributed by atoms with van der Waals surface area (Å²) in [6, 6.07) is 8.60. The van der Waals surface area contributed by atoms with Crippen molar-refractivity contribution in [1.82, 2.24) is 9.78 Å². The van der Waals surface area contributed by atoms with Crippen LogP contribution in [0.4, 0.5) is 13.2 Å². The summed E-state index contributed by atoms with van der Waals surface area (Å²) >= 11 is 0. The van der Waals surface area contributed by atoms with Gasteiger partial charge in [0.1, 0.15) is 13.2 Å². The van der Waals surface area contributed by atoms with Gasteiger partial charge in [-0.3, -0.25) is 4.68 Å². The molecule has 7 heteroatoms. The van der Waals surface area contributed by atoms with Crippen LogP contribution >= 0.6 is 0 Å². The third-order valence-corrected chi connectivity index (χ3v) is 2.56. The second-order valence-corrected chi connectivity index (χ2v) is 4.29. The first-order valence-electron chi connectivity index (χ1n) is 6.41. The van der Waals surface area contributed by atoms with Gasteiger partial charge in [-0.15, -0.1) is 0 Å². The molecule has 0 saturated heterocycles. The zero-order valence-electron chi connectivity index (χ0n) is 11.4. The maximum atomic E-state index is 12.2. The molecule has 4 nitrogen and oxygen atoms in total. The normalized spacial score (nSPS) is 11.4. The molecule has 0 saturated carbocycles. The number of ether oxygens (including phenoxy) is 2. The van der Waals surface area contributed by atoms with Gasteiger partial charge in [0.05, 0.1) is 12.3 Å². The quantitative estimate of drug-likeness (QED) is 0.820. The van der Waals surface area contributed by atoms with E-state index in [1.165, 1.54) is 12.3 Å². The Morgan fingerprint density at radius 1 is 1.10 bits per heavy atom. The second kappa shape index (κ2) is 6.51. The Balaban J connectivity index is 1.97. The first-order chi connectivity index (χ1) is 9.98. The highest BCUT2D eigenvalue weighted by molar-refractivity contribution is 5.39. The van der Waals surface area contributed by atoms with Crippen molar-refractivity contribution in [3.63, 3.8) is 0 Å². The summed E-state index contributed by atoms with van der Waals surface area (Å²) in [6.45, 7) is 1.33. The number of halogens is 3. The van der Waals surface area contributed by atoms with E-state index < -0.39 is 12.7 Å². The van der Waals surface area contributed by atoms with Gasteiger partial charge in [-0.25, -0.2) is 0 Å². The van der Waals surface area contributed by atoms with E-state index in [2.05, 4.69) is 5.10 Å². The molecule has 0 aliphatic rings. The first kappa shape index (κ1) is 15.2. The van der Waals surface area contributed by atoms with E-state index in [9.17, 15) is 13.2 Å². The molecule has 1 heterocycles. The standard InChI is InChI=1S/C14H15F3N2O2/c1-2-20-12-5-3-4-6-13(12)21-9-11-7-8-19(18-11)10-14(15,16)17/h3-8H,2,9-10H2,1H3. The molecule has 0 aliphatic carbocycles. The van der Waals surface area contributed by atoms with Gasteiger partial charge in [-0.1, -0.05) is 12.1 Å². The smallest absolute Gasteiger partial charge is 0.408 e. The van der Waals surface area contributed by atoms with E-state index in [4.69, 9.17) is 9.47 Å². The third kappa shape index (κ3) is 4.70. The van der Waals surface area contributed by atoms with Gasteiger partial charge in [0, 0.05) is 6.20 Å². The molecule has 0 amide bonds. The number of rotatable bonds is 6. The Hall–Kier alpha value is -2.18. The van der Waals surface area contributed by atoms with Crippen molar-refractivity contribution in [2.75, 3.05) is 6.61 Å². The van der Waals surface area contributed by atoms with Crippen LogP contribution in [-0.4, -0.2) is 22.6 Å². The van der Waals surface area contributed by atoms with Crippen LogP contribution in [0.15, 0.2) is 36.5 Å². The monoisotopic (exact) mass is 300 g/mol. The van der Waals surface area contributed by atoms with E-state index in [0.717, 1.165) is 4.68 Å². The lowest BCUT2D eigenvalue weighted by atomic mass is 10.3. The summed E-state index contributed by atoms with van der Waals surface area (Å²) in [5, 5.41) is 3.82. The van der Waals surface area contributed by atoms with Crippen LogP contribution in [0, 0.1) is 0 Å². The van der Waals surface area contributed by atoms with Gasteiger partial charge in [0.15, 0.2) is 11.5 Å². The fourth-order valence-electron chi connectivity index (χ4n) is 1.75. The van der Waals surface area contributed by atoms with Crippen molar-refractivity contribution >= 4 is 0 Å². The Morgan fingerprint density at radius 2 is 1.76 bits per heavy atom. The topological polar surface area (TPSA) is 36.3 Å². The van der Waals surface area contributed by atoms with E-state index in [-0.39, 0.29) is 6.61 Å². The van der Waals surface area contributed by atoms with Crippen LogP contribution in [0.3, 0.4) is 0 Å². The molecular weight excluding hydrogens is 285 g/mol. The van der Waals surface area contributed by atoms with Gasteiger partial charge in [-0.2, -0.15) is 18.3 Å². The number of aromatic nitrogens is 2. The van der Waals surface area contributed by atoms with E-state index in [0.29, 0.717) is 23.8 Å². The highest BCUT2D eigenvalue weighted by Crippen LogP contribution is 2.27. The lowest BCUT2D eigenvalue weighted by Crippen LogP contribution is -2.18. The van der Waals surface area contributed by atoms with Crippen LogP contribution in [0.5, 0.6) is 11.5 Å². The lowest BCUT2D eigenvalue weighted by molar-refractivity contribution is -0.142. The highest BCUT2D eigenvalue weighted by Gasteiger charge is 2.28. The van der Waals surface area contributed by atoms with Gasteiger partial charge in [-0.05, 0) is 25.1 Å². The molecule has 114 valence electrons. The van der Waals surface area contributed by atoms with Crippen LogP contribution in [0.1, 0.15) is 12.6 Å². The average Bonchev–Trinajstić information content (AvgIpc) is 2.83. The first-order valence-corrected chi connectivity index (χ1v) is 6.41. The molecule has 2 aromatic rings. The maximum absolute atomic E-state index is 12.2. The number of benzene rings is 1. The van der Waals surface area contributed by atoms with E-state index in [1.54, 1.807) is 18.2 Å². The van der Waals surface area contributed by atoms with Crippen molar-refractivity contribution in [1.29, 1.82) is 0 Å². The summed E-state index contributed by atoms with van der Waals surface area (Å²) in [4.78, 5) is 0. The number of hydrogen-bond acceptors (Lipinski definition) is 3. The molecule has 1 aromatic carbocycles. The fraction of sp³-hybridized carbons (Fsp3) is 0.357. The van der Waals surface area contributed by atoms with E-state index in [1.807, 2.05) is 13.0 Å². The molecule has 0 aliphatic heterocycles. The molecule has 0 bridgehead atoms. The van der Waals surface area contributed by atoms with Crippen LogP contribution in [0.2, 0.25) is 0 Å². The van der Waals surface area contributed by atoms with Crippen LogP contribution in [0.25, 0.3) is 0 Å². The Bertz CT molecular complexity index is 582. The van der Waals surface area contributed by atoms with Crippen LogP contribution in [-0.2, 0) is 13.2 Å². The van der Waals surface area contributed by atoms with Crippen molar-refractivity contribution < 1.29 is 22.6 Å². The second-order valence-electron chi connectivity index (χ2n) is 4.29. The number of para-hydroxylation sites is 2. The van der Waals surface area contributed by atoms with Gasteiger partial charge in [0.2, 0.25) is 0 Å². The van der Waals surface area contributed by atoms with Crippen LogP contribution < -0.4 is 9.47 Å². The Kier molecular flexibility index (Phi) is 4.72. The molecule has 1 aromatic heterocycles. The molecule has 21 heavy (non-hydrogen) atoms. The van der Waals surface area contributed by atoms with E-state index >= 15 is 0 Å². The molecule has 2 rings (SSSR count). The predicted molar refractivity (Wildman–Crippen MR) is 70.2 cm³/mol. The van der Waals surface area contributed by atoms with Crippen molar-refractivity contribution in [2.24, 2.45) is 0 Å². The third-order valence-electron chi connectivity index (χ3n) is 2.56. The highest BCUT2D eigenvalue weighted by atomic mass is 19.4. The number of alkyl halides is 3. The molecular formula is C14H15F3N2O2.